The van der Waals surface area contributed by atoms with Crippen molar-refractivity contribution in [3.8, 4) is 0 Å². The van der Waals surface area contributed by atoms with Crippen molar-refractivity contribution < 1.29 is 0 Å². The van der Waals surface area contributed by atoms with E-state index in [-0.39, 0.29) is 5.56 Å². The molecule has 5 nitrogen and oxygen atoms in total. The van der Waals surface area contributed by atoms with E-state index in [9.17, 15) is 4.79 Å². The van der Waals surface area contributed by atoms with E-state index in [1.165, 1.54) is 94.1 Å². The number of hydrogen-bond donors (Lipinski definition) is 1. The van der Waals surface area contributed by atoms with Gasteiger partial charge in [0.15, 0.2) is 5.16 Å². The maximum absolute atomic E-state index is 11.9. The van der Waals surface area contributed by atoms with E-state index in [4.69, 9.17) is 0 Å². The van der Waals surface area contributed by atoms with Gasteiger partial charge in [-0.25, -0.2) is 4.98 Å². The van der Waals surface area contributed by atoms with Gasteiger partial charge < -0.3 is 0 Å². The van der Waals surface area contributed by atoms with Gasteiger partial charge in [0.2, 0.25) is 0 Å². The van der Waals surface area contributed by atoms with E-state index < -0.39 is 0 Å². The third-order valence-corrected chi connectivity index (χ3v) is 6.26. The van der Waals surface area contributed by atoms with E-state index in [2.05, 4.69) is 28.9 Å². The zero-order valence-electron chi connectivity index (χ0n) is 18.0. The van der Waals surface area contributed by atoms with Crippen molar-refractivity contribution in [2.45, 2.75) is 115 Å². The SMILES string of the molecule is CCCCCCCCCCCCCCC(C)Sc1nc2nc(C)cc(=O)n2[nH]1. The molecule has 0 radical (unpaired) electrons. The van der Waals surface area contributed by atoms with Crippen molar-refractivity contribution in [3.05, 3.63) is 22.1 Å². The van der Waals surface area contributed by atoms with Gasteiger partial charge in [-0.2, -0.15) is 9.50 Å². The number of rotatable bonds is 15. The number of nitrogens with zero attached hydrogens (tertiary/aromatic N) is 3. The Morgan fingerprint density at radius 2 is 1.54 bits per heavy atom. The molecule has 0 bridgehead atoms. The predicted octanol–water partition coefficient (Wildman–Crippen LogP) is 6.30. The molecule has 0 saturated carbocycles. The molecule has 0 spiro atoms. The summed E-state index contributed by atoms with van der Waals surface area (Å²) >= 11 is 1.70. The molecule has 0 aliphatic carbocycles. The molecule has 2 aromatic rings. The molecule has 0 fully saturated rings. The van der Waals surface area contributed by atoms with Gasteiger partial charge in [0, 0.05) is 17.0 Å². The van der Waals surface area contributed by atoms with Crippen LogP contribution in [0.3, 0.4) is 0 Å². The highest BCUT2D eigenvalue weighted by Gasteiger charge is 2.10. The summed E-state index contributed by atoms with van der Waals surface area (Å²) in [4.78, 5) is 20.7. The van der Waals surface area contributed by atoms with Crippen LogP contribution in [-0.2, 0) is 0 Å². The summed E-state index contributed by atoms with van der Waals surface area (Å²) in [5.41, 5.74) is 0.605. The summed E-state index contributed by atoms with van der Waals surface area (Å²) in [7, 11) is 0. The normalized spacial score (nSPS) is 12.7. The lowest BCUT2D eigenvalue weighted by Crippen LogP contribution is -2.14. The van der Waals surface area contributed by atoms with Crippen LogP contribution in [0.15, 0.2) is 16.0 Å². The maximum atomic E-state index is 11.9. The van der Waals surface area contributed by atoms with Gasteiger partial charge in [0.05, 0.1) is 0 Å². The van der Waals surface area contributed by atoms with Crippen LogP contribution in [-0.4, -0.2) is 24.8 Å². The topological polar surface area (TPSA) is 63.1 Å². The number of nitrogens with one attached hydrogen (secondary N) is 1. The zero-order chi connectivity index (χ0) is 20.2. The second-order valence-corrected chi connectivity index (χ2v) is 9.43. The molecule has 6 heteroatoms. The standard InChI is InChI=1S/C22H38N4OS/c1-4-5-6-7-8-9-10-11-12-13-14-15-16-19(3)28-22-24-21-23-18(2)17-20(27)26(21)25-22/h17,19H,4-16H2,1-3H3,(H,23,24,25). The summed E-state index contributed by atoms with van der Waals surface area (Å²) in [5.74, 6) is 0.463. The van der Waals surface area contributed by atoms with Crippen molar-refractivity contribution in [1.29, 1.82) is 0 Å². The molecule has 158 valence electrons. The van der Waals surface area contributed by atoms with E-state index in [0.717, 1.165) is 5.16 Å². The van der Waals surface area contributed by atoms with Crippen LogP contribution in [0, 0.1) is 6.92 Å². The van der Waals surface area contributed by atoms with Gasteiger partial charge in [-0.3, -0.25) is 9.89 Å². The molecule has 2 aromatic heterocycles. The van der Waals surface area contributed by atoms with Crippen LogP contribution < -0.4 is 5.56 Å². The summed E-state index contributed by atoms with van der Waals surface area (Å²) < 4.78 is 1.42. The molecule has 1 unspecified atom stereocenters. The molecule has 0 aliphatic rings. The third-order valence-electron chi connectivity index (χ3n) is 5.22. The Morgan fingerprint density at radius 3 is 2.14 bits per heavy atom. The first-order valence-electron chi connectivity index (χ1n) is 11.2. The lowest BCUT2D eigenvalue weighted by Gasteiger charge is -2.08. The van der Waals surface area contributed by atoms with Crippen LogP contribution in [0.5, 0.6) is 0 Å². The number of aryl methyl sites for hydroxylation is 1. The third kappa shape index (κ3) is 8.38. The molecule has 28 heavy (non-hydrogen) atoms. The summed E-state index contributed by atoms with van der Waals surface area (Å²) in [5, 5.41) is 4.33. The molecular weight excluding hydrogens is 368 g/mol. The van der Waals surface area contributed by atoms with Gasteiger partial charge in [0.1, 0.15) is 0 Å². The molecule has 1 atom stereocenters. The van der Waals surface area contributed by atoms with E-state index >= 15 is 0 Å². The van der Waals surface area contributed by atoms with Crippen LogP contribution >= 0.6 is 11.8 Å². The van der Waals surface area contributed by atoms with Gasteiger partial charge in [0.25, 0.3) is 11.3 Å². The summed E-state index contributed by atoms with van der Waals surface area (Å²) in [6, 6.07) is 1.52. The molecule has 0 aromatic carbocycles. The Bertz CT molecular complexity index is 740. The quantitative estimate of drug-likeness (QED) is 0.278. The molecule has 0 saturated heterocycles. The number of hydrogen-bond acceptors (Lipinski definition) is 4. The second kappa shape index (κ2) is 13.0. The fraction of sp³-hybridized carbons (Fsp3) is 0.773. The molecular formula is C22H38N4OS. The second-order valence-electron chi connectivity index (χ2n) is 8.01. The Hall–Kier alpha value is -1.30. The van der Waals surface area contributed by atoms with Gasteiger partial charge in [-0.1, -0.05) is 103 Å². The van der Waals surface area contributed by atoms with Crippen LogP contribution in [0.1, 0.15) is 103 Å². The van der Waals surface area contributed by atoms with Crippen molar-refractivity contribution in [2.24, 2.45) is 0 Å². The van der Waals surface area contributed by atoms with Crippen molar-refractivity contribution in [2.75, 3.05) is 0 Å². The zero-order valence-corrected chi connectivity index (χ0v) is 18.8. The maximum Gasteiger partial charge on any atom is 0.274 e. The van der Waals surface area contributed by atoms with Crippen LogP contribution in [0.2, 0.25) is 0 Å². The largest absolute Gasteiger partial charge is 0.274 e. The lowest BCUT2D eigenvalue weighted by molar-refractivity contribution is 0.539. The molecule has 1 N–H and O–H groups in total. The van der Waals surface area contributed by atoms with Crippen molar-refractivity contribution in [3.63, 3.8) is 0 Å². The smallest absolute Gasteiger partial charge is 0.267 e. The number of fused-ring (bicyclic) bond motifs is 1. The minimum atomic E-state index is -0.101. The number of H-pyrrole nitrogens is 1. The van der Waals surface area contributed by atoms with Gasteiger partial charge >= 0.3 is 0 Å². The van der Waals surface area contributed by atoms with Gasteiger partial charge in [-0.05, 0) is 13.3 Å². The fourth-order valence-electron chi connectivity index (χ4n) is 3.55. The first-order valence-corrected chi connectivity index (χ1v) is 12.1. The van der Waals surface area contributed by atoms with Gasteiger partial charge in [-0.15, -0.1) is 0 Å². The number of unbranched alkanes of at least 4 members (excludes halogenated alkanes) is 11. The average molecular weight is 407 g/mol. The highest BCUT2D eigenvalue weighted by Crippen LogP contribution is 2.24. The molecule has 2 heterocycles. The van der Waals surface area contributed by atoms with E-state index in [1.807, 2.05) is 6.92 Å². The number of aromatic nitrogens is 4. The predicted molar refractivity (Wildman–Crippen MR) is 119 cm³/mol. The Labute approximate surface area is 174 Å². The van der Waals surface area contributed by atoms with Crippen LogP contribution in [0.25, 0.3) is 5.78 Å². The molecule has 2 rings (SSSR count). The Balaban J connectivity index is 1.52. The highest BCUT2D eigenvalue weighted by molar-refractivity contribution is 7.99. The molecule has 0 aliphatic heterocycles. The summed E-state index contributed by atoms with van der Waals surface area (Å²) in [6.45, 7) is 6.33. The number of thioether (sulfide) groups is 1. The minimum Gasteiger partial charge on any atom is -0.267 e. The lowest BCUT2D eigenvalue weighted by atomic mass is 10.0. The fourth-order valence-corrected chi connectivity index (χ4v) is 4.49. The minimum absolute atomic E-state index is 0.101. The monoisotopic (exact) mass is 406 g/mol. The van der Waals surface area contributed by atoms with Crippen LogP contribution in [0.4, 0.5) is 0 Å². The molecule has 0 amide bonds. The Morgan fingerprint density at radius 1 is 0.964 bits per heavy atom. The first kappa shape index (κ1) is 23.0. The first-order chi connectivity index (χ1) is 13.6. The van der Waals surface area contributed by atoms with E-state index in [0.29, 0.717) is 16.7 Å². The Kier molecular flexibility index (Phi) is 10.7. The average Bonchev–Trinajstić information content (AvgIpc) is 3.05. The number of aromatic amines is 1. The van der Waals surface area contributed by atoms with E-state index in [1.54, 1.807) is 11.8 Å². The summed E-state index contributed by atoms with van der Waals surface area (Å²) in [6.07, 6.45) is 17.8. The highest BCUT2D eigenvalue weighted by atomic mass is 32.2. The van der Waals surface area contributed by atoms with Crippen molar-refractivity contribution in [1.82, 2.24) is 19.6 Å². The van der Waals surface area contributed by atoms with Crippen molar-refractivity contribution >= 4 is 17.5 Å².